The van der Waals surface area contributed by atoms with Crippen LogP contribution >= 0.6 is 23.1 Å². The van der Waals surface area contributed by atoms with Gasteiger partial charge in [0, 0.05) is 39.2 Å². The zero-order valence-corrected chi connectivity index (χ0v) is 17.0. The van der Waals surface area contributed by atoms with Crippen molar-refractivity contribution in [3.8, 4) is 0 Å². The van der Waals surface area contributed by atoms with Gasteiger partial charge in [0.25, 0.3) is 5.56 Å². The molecule has 0 fully saturated rings. The van der Waals surface area contributed by atoms with Crippen LogP contribution in [0.15, 0.2) is 16.0 Å². The summed E-state index contributed by atoms with van der Waals surface area (Å²) < 4.78 is 6.78. The Labute approximate surface area is 156 Å². The van der Waals surface area contributed by atoms with Crippen molar-refractivity contribution in [3.63, 3.8) is 0 Å². The van der Waals surface area contributed by atoms with Crippen LogP contribution in [0.1, 0.15) is 25.1 Å². The fourth-order valence-corrected chi connectivity index (χ4v) is 4.54. The molecular formula is C17H25N3O3S2. The summed E-state index contributed by atoms with van der Waals surface area (Å²) in [6.45, 7) is 5.01. The standard InChI is InChI=1S/C17H25N3O3S2/c1-6-12-10-13-14(25-12)18-17(24-11(2)15(21)19(3)4)20(16(13)22)8-7-9-23-5/h10-11H,6-9H2,1-5H3. The summed E-state index contributed by atoms with van der Waals surface area (Å²) in [6.07, 6.45) is 1.60. The van der Waals surface area contributed by atoms with Crippen molar-refractivity contribution in [2.75, 3.05) is 27.8 Å². The minimum atomic E-state index is -0.307. The maximum atomic E-state index is 12.9. The summed E-state index contributed by atoms with van der Waals surface area (Å²) in [5.41, 5.74) is -0.0379. The number of carbonyl (C=O) groups is 1. The third-order valence-corrected chi connectivity index (χ3v) is 6.07. The number of methoxy groups -OCH3 is 1. The molecule has 0 aromatic carbocycles. The highest BCUT2D eigenvalue weighted by molar-refractivity contribution is 8.00. The Morgan fingerprint density at radius 2 is 2.20 bits per heavy atom. The van der Waals surface area contributed by atoms with Gasteiger partial charge < -0.3 is 9.64 Å². The van der Waals surface area contributed by atoms with Gasteiger partial charge in [-0.15, -0.1) is 11.3 Å². The molecule has 0 aliphatic heterocycles. The van der Waals surface area contributed by atoms with E-state index in [0.29, 0.717) is 23.7 Å². The van der Waals surface area contributed by atoms with Crippen LogP contribution < -0.4 is 5.56 Å². The van der Waals surface area contributed by atoms with Gasteiger partial charge in [0.2, 0.25) is 5.91 Å². The molecule has 0 saturated carbocycles. The Morgan fingerprint density at radius 3 is 2.80 bits per heavy atom. The Morgan fingerprint density at radius 1 is 1.48 bits per heavy atom. The van der Waals surface area contributed by atoms with Crippen LogP contribution in [0, 0.1) is 0 Å². The van der Waals surface area contributed by atoms with Crippen molar-refractivity contribution >= 4 is 39.2 Å². The fraction of sp³-hybridized carbons (Fsp3) is 0.588. The molecule has 2 rings (SSSR count). The van der Waals surface area contributed by atoms with E-state index in [2.05, 4.69) is 6.92 Å². The van der Waals surface area contributed by atoms with E-state index in [-0.39, 0.29) is 16.7 Å². The molecule has 1 atom stereocenters. The smallest absolute Gasteiger partial charge is 0.262 e. The second-order valence-corrected chi connectivity index (χ2v) is 8.40. The lowest BCUT2D eigenvalue weighted by molar-refractivity contribution is -0.127. The highest BCUT2D eigenvalue weighted by Gasteiger charge is 2.21. The number of thiophene rings is 1. The summed E-state index contributed by atoms with van der Waals surface area (Å²) in [5.74, 6) is 0.00298. The van der Waals surface area contributed by atoms with E-state index in [0.717, 1.165) is 22.5 Å². The van der Waals surface area contributed by atoms with Crippen molar-refractivity contribution in [2.45, 2.75) is 43.6 Å². The molecule has 2 aromatic heterocycles. The summed E-state index contributed by atoms with van der Waals surface area (Å²) in [7, 11) is 5.10. The number of aryl methyl sites for hydroxylation is 1. The number of nitrogens with zero attached hydrogens (tertiary/aromatic N) is 3. The summed E-state index contributed by atoms with van der Waals surface area (Å²) >= 11 is 2.88. The van der Waals surface area contributed by atoms with Crippen LogP contribution in [-0.2, 0) is 22.5 Å². The fourth-order valence-electron chi connectivity index (χ4n) is 2.45. The third kappa shape index (κ3) is 4.62. The maximum absolute atomic E-state index is 12.9. The SMILES string of the molecule is CCc1cc2c(=O)n(CCCOC)c(SC(C)C(=O)N(C)C)nc2s1. The molecule has 0 bridgehead atoms. The van der Waals surface area contributed by atoms with Crippen LogP contribution in [0.2, 0.25) is 0 Å². The molecule has 25 heavy (non-hydrogen) atoms. The van der Waals surface area contributed by atoms with Crippen molar-refractivity contribution < 1.29 is 9.53 Å². The molecule has 0 spiro atoms. The zero-order chi connectivity index (χ0) is 18.6. The van der Waals surface area contributed by atoms with Gasteiger partial charge in [-0.25, -0.2) is 4.98 Å². The largest absolute Gasteiger partial charge is 0.385 e. The number of ether oxygens (including phenoxy) is 1. The Kier molecular flexibility index (Phi) is 7.04. The molecule has 0 saturated heterocycles. The Bertz CT molecular complexity index is 798. The summed E-state index contributed by atoms with van der Waals surface area (Å²) in [4.78, 5) is 33.3. The molecule has 1 amide bonds. The number of amides is 1. The molecule has 0 radical (unpaired) electrons. The molecule has 8 heteroatoms. The second kappa shape index (κ2) is 8.82. The van der Waals surface area contributed by atoms with Gasteiger partial charge in [-0.3, -0.25) is 14.2 Å². The van der Waals surface area contributed by atoms with Gasteiger partial charge in [-0.2, -0.15) is 0 Å². The first-order chi connectivity index (χ1) is 11.9. The molecule has 0 N–H and O–H groups in total. The highest BCUT2D eigenvalue weighted by Crippen LogP contribution is 2.27. The quantitative estimate of drug-likeness (QED) is 0.398. The topological polar surface area (TPSA) is 64.4 Å². The molecule has 2 heterocycles. The lowest BCUT2D eigenvalue weighted by Gasteiger charge is -2.18. The summed E-state index contributed by atoms with van der Waals surface area (Å²) in [6, 6.07) is 1.94. The molecular weight excluding hydrogens is 358 g/mol. The van der Waals surface area contributed by atoms with E-state index in [1.165, 1.54) is 11.8 Å². The van der Waals surface area contributed by atoms with Crippen LogP contribution in [0.3, 0.4) is 0 Å². The number of aromatic nitrogens is 2. The monoisotopic (exact) mass is 383 g/mol. The lowest BCUT2D eigenvalue weighted by atomic mass is 10.3. The number of hydrogen-bond acceptors (Lipinski definition) is 6. The van der Waals surface area contributed by atoms with Gasteiger partial charge in [0.15, 0.2) is 5.16 Å². The highest BCUT2D eigenvalue weighted by atomic mass is 32.2. The van der Waals surface area contributed by atoms with Crippen LogP contribution in [0.25, 0.3) is 10.2 Å². The third-order valence-electron chi connectivity index (χ3n) is 3.82. The van der Waals surface area contributed by atoms with Crippen molar-refractivity contribution in [2.24, 2.45) is 0 Å². The van der Waals surface area contributed by atoms with Gasteiger partial charge in [0.1, 0.15) is 4.83 Å². The summed E-state index contributed by atoms with van der Waals surface area (Å²) in [5, 5.41) is 0.953. The lowest BCUT2D eigenvalue weighted by Crippen LogP contribution is -2.31. The second-order valence-electron chi connectivity index (χ2n) is 5.98. The average molecular weight is 384 g/mol. The van der Waals surface area contributed by atoms with Gasteiger partial charge >= 0.3 is 0 Å². The molecule has 6 nitrogen and oxygen atoms in total. The zero-order valence-electron chi connectivity index (χ0n) is 15.4. The molecule has 138 valence electrons. The first-order valence-corrected chi connectivity index (χ1v) is 9.98. The van der Waals surface area contributed by atoms with E-state index < -0.39 is 0 Å². The number of rotatable bonds is 8. The number of hydrogen-bond donors (Lipinski definition) is 0. The van der Waals surface area contributed by atoms with Crippen LogP contribution in [0.4, 0.5) is 0 Å². The first-order valence-electron chi connectivity index (χ1n) is 8.29. The van der Waals surface area contributed by atoms with E-state index in [4.69, 9.17) is 9.72 Å². The van der Waals surface area contributed by atoms with Gasteiger partial charge in [0.05, 0.1) is 10.6 Å². The Balaban J connectivity index is 2.45. The van der Waals surface area contributed by atoms with Crippen molar-refractivity contribution in [1.29, 1.82) is 0 Å². The van der Waals surface area contributed by atoms with Crippen molar-refractivity contribution in [1.82, 2.24) is 14.5 Å². The van der Waals surface area contributed by atoms with E-state index in [1.807, 2.05) is 13.0 Å². The van der Waals surface area contributed by atoms with E-state index in [9.17, 15) is 9.59 Å². The van der Waals surface area contributed by atoms with Crippen LogP contribution in [0.5, 0.6) is 0 Å². The normalized spacial score (nSPS) is 12.5. The first kappa shape index (κ1) is 19.9. The number of carbonyl (C=O) groups excluding carboxylic acids is 1. The minimum Gasteiger partial charge on any atom is -0.385 e. The van der Waals surface area contributed by atoms with Crippen molar-refractivity contribution in [3.05, 3.63) is 21.3 Å². The van der Waals surface area contributed by atoms with Crippen LogP contribution in [-0.4, -0.2) is 53.4 Å². The predicted molar refractivity (Wildman–Crippen MR) is 104 cm³/mol. The van der Waals surface area contributed by atoms with E-state index >= 15 is 0 Å². The number of thioether (sulfide) groups is 1. The molecule has 0 aliphatic carbocycles. The number of fused-ring (bicyclic) bond motifs is 1. The molecule has 0 aliphatic rings. The van der Waals surface area contributed by atoms with Gasteiger partial charge in [-0.05, 0) is 25.8 Å². The van der Waals surface area contributed by atoms with Gasteiger partial charge in [-0.1, -0.05) is 18.7 Å². The molecule has 1 unspecified atom stereocenters. The average Bonchev–Trinajstić information content (AvgIpc) is 3.00. The minimum absolute atomic E-state index is 0.00298. The molecule has 2 aromatic rings. The van der Waals surface area contributed by atoms with E-state index in [1.54, 1.807) is 42.0 Å². The predicted octanol–water partition coefficient (Wildman–Crippen LogP) is 2.63. The Hall–Kier alpha value is -1.38. The maximum Gasteiger partial charge on any atom is 0.262 e.